The molecule has 0 amide bonds. The van der Waals surface area contributed by atoms with Crippen LogP contribution >= 0.6 is 22.6 Å². The molecule has 18 heavy (non-hydrogen) atoms. The van der Waals surface area contributed by atoms with Crippen molar-refractivity contribution in [2.45, 2.75) is 19.8 Å². The van der Waals surface area contributed by atoms with Crippen molar-refractivity contribution in [3.8, 4) is 0 Å². The van der Waals surface area contributed by atoms with Gasteiger partial charge < -0.3 is 0 Å². The molecule has 0 aliphatic heterocycles. The molecule has 0 bridgehead atoms. The van der Waals surface area contributed by atoms with Crippen LogP contribution in [0.5, 0.6) is 0 Å². The smallest absolute Gasteiger partial charge is 0.0168 e. The number of allylic oxidation sites excluding steroid dienone is 1. The lowest BCUT2D eigenvalue weighted by molar-refractivity contribution is 0.915. The predicted molar refractivity (Wildman–Crippen MR) is 87.8 cm³/mol. The zero-order valence-electron chi connectivity index (χ0n) is 10.8. The van der Waals surface area contributed by atoms with Gasteiger partial charge in [-0.25, -0.2) is 0 Å². The minimum atomic E-state index is 0.428. The summed E-state index contributed by atoms with van der Waals surface area (Å²) in [5.74, 6) is 0.428. The van der Waals surface area contributed by atoms with Gasteiger partial charge in [-0.2, -0.15) is 0 Å². The summed E-state index contributed by atoms with van der Waals surface area (Å²) < 4.78 is 1.33. The molecule has 0 aromatic heterocycles. The first kappa shape index (κ1) is 13.3. The van der Waals surface area contributed by atoms with Crippen molar-refractivity contribution >= 4 is 28.2 Å². The summed E-state index contributed by atoms with van der Waals surface area (Å²) in [6, 6.07) is 17.3. The van der Waals surface area contributed by atoms with Crippen molar-refractivity contribution in [3.05, 3.63) is 75.4 Å². The molecule has 0 nitrogen and oxygen atoms in total. The molecule has 2 aromatic carbocycles. The first-order valence-electron chi connectivity index (χ1n) is 6.10. The van der Waals surface area contributed by atoms with E-state index in [2.05, 4.69) is 84.6 Å². The maximum atomic E-state index is 3.97. The quantitative estimate of drug-likeness (QED) is 0.645. The van der Waals surface area contributed by atoms with E-state index in [0.717, 1.165) is 5.57 Å². The molecule has 1 unspecified atom stereocenters. The van der Waals surface area contributed by atoms with E-state index in [1.54, 1.807) is 0 Å². The molecule has 0 spiro atoms. The topological polar surface area (TPSA) is 0 Å². The van der Waals surface area contributed by atoms with E-state index in [0.29, 0.717) is 5.92 Å². The van der Waals surface area contributed by atoms with E-state index < -0.39 is 0 Å². The van der Waals surface area contributed by atoms with Gasteiger partial charge >= 0.3 is 0 Å². The number of hydrogen-bond donors (Lipinski definition) is 0. The molecule has 0 saturated heterocycles. The van der Waals surface area contributed by atoms with Crippen molar-refractivity contribution in [1.29, 1.82) is 0 Å². The maximum absolute atomic E-state index is 3.97. The largest absolute Gasteiger partial charge is 0.0955 e. The molecule has 0 fully saturated rings. The van der Waals surface area contributed by atoms with E-state index in [1.165, 1.54) is 20.3 Å². The van der Waals surface area contributed by atoms with Crippen LogP contribution in [0, 0.1) is 3.57 Å². The van der Waals surface area contributed by atoms with Crippen LogP contribution in [0.25, 0.3) is 5.57 Å². The molecule has 2 aromatic rings. The molecule has 1 heteroatoms. The van der Waals surface area contributed by atoms with E-state index in [4.69, 9.17) is 0 Å². The fourth-order valence-electron chi connectivity index (χ4n) is 2.06. The molecule has 0 N–H and O–H groups in total. The first-order valence-corrected chi connectivity index (χ1v) is 7.17. The van der Waals surface area contributed by atoms with Crippen molar-refractivity contribution in [2.24, 2.45) is 0 Å². The highest BCUT2D eigenvalue weighted by atomic mass is 127. The minimum Gasteiger partial charge on any atom is -0.0955 e. The summed E-state index contributed by atoms with van der Waals surface area (Å²) >= 11 is 2.41. The van der Waals surface area contributed by atoms with Crippen molar-refractivity contribution in [3.63, 3.8) is 0 Å². The van der Waals surface area contributed by atoms with Gasteiger partial charge in [-0.3, -0.25) is 0 Å². The number of benzene rings is 2. The van der Waals surface area contributed by atoms with Gasteiger partial charge in [0.15, 0.2) is 0 Å². The molecular formula is C17H17I. The zero-order valence-corrected chi connectivity index (χ0v) is 12.9. The lowest BCUT2D eigenvalue weighted by Gasteiger charge is -2.15. The second kappa shape index (κ2) is 5.70. The molecule has 0 radical (unpaired) electrons. The fraction of sp³-hybridized carbons (Fsp3) is 0.176. The molecule has 92 valence electrons. The maximum Gasteiger partial charge on any atom is 0.0168 e. The highest BCUT2D eigenvalue weighted by Gasteiger charge is 2.10. The van der Waals surface area contributed by atoms with Crippen LogP contribution in [0.3, 0.4) is 0 Å². The Morgan fingerprint density at radius 1 is 1.06 bits per heavy atom. The third kappa shape index (κ3) is 2.83. The molecule has 0 heterocycles. The molecule has 1 atom stereocenters. The minimum absolute atomic E-state index is 0.428. The Morgan fingerprint density at radius 3 is 2.22 bits per heavy atom. The van der Waals surface area contributed by atoms with Crippen LogP contribution in [-0.2, 0) is 0 Å². The highest BCUT2D eigenvalue weighted by molar-refractivity contribution is 14.1. The van der Waals surface area contributed by atoms with E-state index in [9.17, 15) is 0 Å². The van der Waals surface area contributed by atoms with Crippen LogP contribution in [0.1, 0.15) is 36.5 Å². The summed E-state index contributed by atoms with van der Waals surface area (Å²) in [5, 5.41) is 0. The second-order valence-corrected chi connectivity index (χ2v) is 5.81. The van der Waals surface area contributed by atoms with E-state index in [1.807, 2.05) is 6.92 Å². The third-order valence-corrected chi connectivity index (χ3v) is 4.26. The van der Waals surface area contributed by atoms with Crippen LogP contribution in [0.4, 0.5) is 0 Å². The normalized spacial score (nSPS) is 12.2. The van der Waals surface area contributed by atoms with Gasteiger partial charge in [0.25, 0.3) is 0 Å². The molecule has 0 aliphatic carbocycles. The van der Waals surface area contributed by atoms with Gasteiger partial charge in [0.1, 0.15) is 0 Å². The van der Waals surface area contributed by atoms with Crippen molar-refractivity contribution < 1.29 is 0 Å². The van der Waals surface area contributed by atoms with Gasteiger partial charge in [0, 0.05) is 9.49 Å². The SMILES string of the molecule is C=C(C)c1ccc(C(C)c2ccccc2I)cc1. The first-order chi connectivity index (χ1) is 8.59. The van der Waals surface area contributed by atoms with Crippen molar-refractivity contribution in [2.75, 3.05) is 0 Å². The van der Waals surface area contributed by atoms with E-state index in [-0.39, 0.29) is 0 Å². The summed E-state index contributed by atoms with van der Waals surface area (Å²) in [7, 11) is 0. The van der Waals surface area contributed by atoms with Gasteiger partial charge in [0.05, 0.1) is 0 Å². The third-order valence-electron chi connectivity index (χ3n) is 3.28. The molecule has 0 saturated carbocycles. The number of rotatable bonds is 3. The average molecular weight is 348 g/mol. The van der Waals surface area contributed by atoms with Crippen LogP contribution in [-0.4, -0.2) is 0 Å². The number of hydrogen-bond acceptors (Lipinski definition) is 0. The van der Waals surface area contributed by atoms with Crippen LogP contribution in [0.15, 0.2) is 55.1 Å². The Labute approximate surface area is 123 Å². The Balaban J connectivity index is 2.32. The summed E-state index contributed by atoms with van der Waals surface area (Å²) in [6.07, 6.45) is 0. The van der Waals surface area contributed by atoms with Crippen LogP contribution in [0.2, 0.25) is 0 Å². The average Bonchev–Trinajstić information content (AvgIpc) is 2.38. The van der Waals surface area contributed by atoms with E-state index >= 15 is 0 Å². The summed E-state index contributed by atoms with van der Waals surface area (Å²) in [4.78, 5) is 0. The summed E-state index contributed by atoms with van der Waals surface area (Å²) in [5.41, 5.74) is 5.07. The summed E-state index contributed by atoms with van der Waals surface area (Å²) in [6.45, 7) is 8.27. The lowest BCUT2D eigenvalue weighted by atomic mass is 9.92. The van der Waals surface area contributed by atoms with Gasteiger partial charge in [0.2, 0.25) is 0 Å². The van der Waals surface area contributed by atoms with Crippen molar-refractivity contribution in [1.82, 2.24) is 0 Å². The predicted octanol–water partition coefficient (Wildman–Crippen LogP) is 5.48. The lowest BCUT2D eigenvalue weighted by Crippen LogP contribution is -1.98. The monoisotopic (exact) mass is 348 g/mol. The fourth-order valence-corrected chi connectivity index (χ4v) is 2.92. The Hall–Kier alpha value is -1.09. The zero-order chi connectivity index (χ0) is 13.1. The Bertz CT molecular complexity index is 552. The Morgan fingerprint density at radius 2 is 1.67 bits per heavy atom. The van der Waals surface area contributed by atoms with Gasteiger partial charge in [-0.15, -0.1) is 0 Å². The van der Waals surface area contributed by atoms with Gasteiger partial charge in [-0.05, 0) is 52.3 Å². The highest BCUT2D eigenvalue weighted by Crippen LogP contribution is 2.28. The molecule has 2 rings (SSSR count). The Kier molecular flexibility index (Phi) is 4.23. The van der Waals surface area contributed by atoms with Crippen LogP contribution < -0.4 is 0 Å². The molecular weight excluding hydrogens is 331 g/mol. The van der Waals surface area contributed by atoms with Gasteiger partial charge in [-0.1, -0.05) is 61.5 Å². The molecule has 0 aliphatic rings. The number of halogens is 1. The second-order valence-electron chi connectivity index (χ2n) is 4.65. The standard InChI is InChI=1S/C17H17I/c1-12(2)14-8-10-15(11-9-14)13(3)16-6-4-5-7-17(16)18/h4-11,13H,1H2,2-3H3.